The zero-order valence-corrected chi connectivity index (χ0v) is 20.4. The SMILES string of the molecule is Cc1cc(C)cc(Nc2ncc3c(n2)CN(C2CCN(C(=O)c4ccc5oc(=O)[nH]c5c4)CC2)C3)c1. The molecule has 0 aliphatic carbocycles. The van der Waals surface area contributed by atoms with Crippen LogP contribution in [-0.2, 0) is 13.1 Å². The summed E-state index contributed by atoms with van der Waals surface area (Å²) in [5.74, 6) is 0.0897. The van der Waals surface area contributed by atoms with Gasteiger partial charge in [0.1, 0.15) is 0 Å². The largest absolute Gasteiger partial charge is 0.417 e. The smallest absolute Gasteiger partial charge is 0.408 e. The number of aromatic amines is 1. The van der Waals surface area contributed by atoms with Crippen LogP contribution in [0, 0.1) is 13.8 Å². The molecule has 2 aromatic heterocycles. The maximum Gasteiger partial charge on any atom is 0.417 e. The van der Waals surface area contributed by atoms with Crippen molar-refractivity contribution in [1.82, 2.24) is 24.8 Å². The minimum atomic E-state index is -0.514. The van der Waals surface area contributed by atoms with E-state index in [1.54, 1.807) is 18.2 Å². The van der Waals surface area contributed by atoms with Crippen molar-refractivity contribution < 1.29 is 9.21 Å². The van der Waals surface area contributed by atoms with Crippen LogP contribution in [0.4, 0.5) is 11.6 Å². The minimum Gasteiger partial charge on any atom is -0.408 e. The number of nitrogens with zero attached hydrogens (tertiary/aromatic N) is 4. The standard InChI is InChI=1S/C27H28N6O3/c1-16-9-17(2)11-20(10-16)29-26-28-13-19-14-33(15-23(19)30-26)21-5-7-32(8-6-21)25(34)18-3-4-24-22(12-18)31-27(35)36-24/h3-4,9-13,21H,5-8,14-15H2,1-2H3,(H,31,35)(H,28,29,30). The van der Waals surface area contributed by atoms with Crippen LogP contribution in [-0.4, -0.2) is 49.8 Å². The fraction of sp³-hybridized carbons (Fsp3) is 0.333. The molecule has 2 aliphatic heterocycles. The predicted molar refractivity (Wildman–Crippen MR) is 136 cm³/mol. The lowest BCUT2D eigenvalue weighted by Gasteiger charge is -2.36. The predicted octanol–water partition coefficient (Wildman–Crippen LogP) is 3.89. The summed E-state index contributed by atoms with van der Waals surface area (Å²) in [6.45, 7) is 7.19. The number of hydrogen-bond acceptors (Lipinski definition) is 7. The van der Waals surface area contributed by atoms with E-state index in [1.807, 2.05) is 11.1 Å². The number of aromatic nitrogens is 3. The second kappa shape index (κ2) is 8.91. The summed E-state index contributed by atoms with van der Waals surface area (Å²) in [7, 11) is 0. The second-order valence-electron chi connectivity index (χ2n) is 9.82. The van der Waals surface area contributed by atoms with Gasteiger partial charge in [-0.1, -0.05) is 6.07 Å². The average molecular weight is 485 g/mol. The number of likely N-dealkylation sites (tertiary alicyclic amines) is 1. The number of carbonyl (C=O) groups excluding carboxylic acids is 1. The molecule has 0 spiro atoms. The highest BCUT2D eigenvalue weighted by molar-refractivity contribution is 5.97. The third-order valence-electron chi connectivity index (χ3n) is 7.09. The normalized spacial score (nSPS) is 16.4. The molecule has 0 bridgehead atoms. The highest BCUT2D eigenvalue weighted by Gasteiger charge is 2.31. The van der Waals surface area contributed by atoms with Crippen molar-refractivity contribution in [3.8, 4) is 0 Å². The molecule has 4 aromatic rings. The van der Waals surface area contributed by atoms with Crippen molar-refractivity contribution in [1.29, 1.82) is 0 Å². The molecule has 1 amide bonds. The Labute approximate surface area is 208 Å². The number of hydrogen-bond donors (Lipinski definition) is 2. The van der Waals surface area contributed by atoms with Gasteiger partial charge in [-0.05, 0) is 68.1 Å². The lowest BCUT2D eigenvalue weighted by Crippen LogP contribution is -2.45. The molecule has 0 radical (unpaired) electrons. The van der Waals surface area contributed by atoms with Crippen molar-refractivity contribution in [3.63, 3.8) is 0 Å². The topological polar surface area (TPSA) is 107 Å². The van der Waals surface area contributed by atoms with E-state index in [9.17, 15) is 9.59 Å². The first kappa shape index (κ1) is 22.5. The third kappa shape index (κ3) is 4.37. The van der Waals surface area contributed by atoms with Crippen LogP contribution in [0.5, 0.6) is 0 Å². The summed E-state index contributed by atoms with van der Waals surface area (Å²) < 4.78 is 5.04. The lowest BCUT2D eigenvalue weighted by atomic mass is 10.0. The summed E-state index contributed by atoms with van der Waals surface area (Å²) >= 11 is 0. The van der Waals surface area contributed by atoms with E-state index in [1.165, 1.54) is 16.7 Å². The first-order valence-corrected chi connectivity index (χ1v) is 12.3. The van der Waals surface area contributed by atoms with E-state index < -0.39 is 5.76 Å². The highest BCUT2D eigenvalue weighted by atomic mass is 16.4. The van der Waals surface area contributed by atoms with Crippen molar-refractivity contribution in [2.75, 3.05) is 18.4 Å². The zero-order valence-electron chi connectivity index (χ0n) is 20.4. The van der Waals surface area contributed by atoms with E-state index in [-0.39, 0.29) is 5.91 Å². The van der Waals surface area contributed by atoms with Gasteiger partial charge < -0.3 is 14.6 Å². The molecule has 1 saturated heterocycles. The first-order valence-electron chi connectivity index (χ1n) is 12.3. The van der Waals surface area contributed by atoms with Crippen LogP contribution in [0.15, 0.2) is 51.8 Å². The van der Waals surface area contributed by atoms with Gasteiger partial charge in [0.05, 0.1) is 11.2 Å². The van der Waals surface area contributed by atoms with E-state index in [0.29, 0.717) is 41.7 Å². The van der Waals surface area contributed by atoms with Gasteiger partial charge in [0.15, 0.2) is 5.58 Å². The van der Waals surface area contributed by atoms with Crippen LogP contribution in [0.1, 0.15) is 45.6 Å². The second-order valence-corrected chi connectivity index (χ2v) is 9.82. The van der Waals surface area contributed by atoms with E-state index in [2.05, 4.69) is 52.2 Å². The quantitative estimate of drug-likeness (QED) is 0.452. The van der Waals surface area contributed by atoms with E-state index in [0.717, 1.165) is 37.3 Å². The van der Waals surface area contributed by atoms with Crippen molar-refractivity contribution >= 4 is 28.6 Å². The Balaban J connectivity index is 1.08. The molecule has 9 nitrogen and oxygen atoms in total. The molecule has 36 heavy (non-hydrogen) atoms. The van der Waals surface area contributed by atoms with Gasteiger partial charge in [-0.2, -0.15) is 0 Å². The molecular weight excluding hydrogens is 456 g/mol. The monoisotopic (exact) mass is 484 g/mol. The number of fused-ring (bicyclic) bond motifs is 2. The van der Waals surface area contributed by atoms with Gasteiger partial charge in [0.2, 0.25) is 5.95 Å². The Morgan fingerprint density at radius 3 is 2.64 bits per heavy atom. The molecule has 9 heteroatoms. The average Bonchev–Trinajstić information content (AvgIpc) is 3.44. The van der Waals surface area contributed by atoms with Gasteiger partial charge in [0, 0.05) is 55.2 Å². The molecule has 1 fully saturated rings. The number of rotatable bonds is 4. The first-order chi connectivity index (χ1) is 17.4. The summed E-state index contributed by atoms with van der Waals surface area (Å²) in [5, 5.41) is 3.35. The Kier molecular flexibility index (Phi) is 5.56. The summed E-state index contributed by atoms with van der Waals surface area (Å²) in [4.78, 5) is 40.8. The van der Waals surface area contributed by atoms with Crippen LogP contribution in [0.3, 0.4) is 0 Å². The lowest BCUT2D eigenvalue weighted by molar-refractivity contribution is 0.0613. The molecule has 6 rings (SSSR count). The van der Waals surface area contributed by atoms with Crippen LogP contribution < -0.4 is 11.1 Å². The Hall–Kier alpha value is -3.98. The van der Waals surface area contributed by atoms with Crippen molar-refractivity contribution in [2.45, 2.75) is 45.8 Å². The third-order valence-corrected chi connectivity index (χ3v) is 7.09. The Morgan fingerprint density at radius 1 is 1.08 bits per heavy atom. The van der Waals surface area contributed by atoms with Gasteiger partial charge in [0.25, 0.3) is 5.91 Å². The molecule has 0 unspecified atom stereocenters. The fourth-order valence-corrected chi connectivity index (χ4v) is 5.37. The number of nitrogens with one attached hydrogen (secondary N) is 2. The number of piperidine rings is 1. The maximum absolute atomic E-state index is 13.1. The van der Waals surface area contributed by atoms with E-state index >= 15 is 0 Å². The number of amides is 1. The minimum absolute atomic E-state index is 0.0184. The van der Waals surface area contributed by atoms with E-state index in [4.69, 9.17) is 9.40 Å². The van der Waals surface area contributed by atoms with Crippen LogP contribution in [0.2, 0.25) is 0 Å². The van der Waals surface area contributed by atoms with Gasteiger partial charge in [-0.15, -0.1) is 0 Å². The maximum atomic E-state index is 13.1. The van der Waals surface area contributed by atoms with Crippen molar-refractivity contribution in [2.24, 2.45) is 0 Å². The zero-order chi connectivity index (χ0) is 24.8. The summed E-state index contributed by atoms with van der Waals surface area (Å²) in [6, 6.07) is 11.8. The Morgan fingerprint density at radius 2 is 1.86 bits per heavy atom. The summed E-state index contributed by atoms with van der Waals surface area (Å²) in [6.07, 6.45) is 3.75. The number of oxazole rings is 1. The van der Waals surface area contributed by atoms with Gasteiger partial charge >= 0.3 is 5.76 Å². The molecule has 0 saturated carbocycles. The molecule has 184 valence electrons. The number of H-pyrrole nitrogens is 1. The molecule has 2 N–H and O–H groups in total. The number of anilines is 2. The number of aryl methyl sites for hydroxylation is 2. The molecule has 4 heterocycles. The highest BCUT2D eigenvalue weighted by Crippen LogP contribution is 2.29. The molecule has 2 aliphatic rings. The van der Waals surface area contributed by atoms with Crippen molar-refractivity contribution in [3.05, 3.63) is 81.1 Å². The molecule has 2 aromatic carbocycles. The molecule has 0 atom stereocenters. The fourth-order valence-electron chi connectivity index (χ4n) is 5.37. The van der Waals surface area contributed by atoms with Crippen LogP contribution in [0.25, 0.3) is 11.1 Å². The summed E-state index contributed by atoms with van der Waals surface area (Å²) in [5.41, 5.74) is 7.20. The molecular formula is C27H28N6O3. The Bertz CT molecular complexity index is 1500. The van der Waals surface area contributed by atoms with Crippen LogP contribution >= 0.6 is 0 Å². The number of benzene rings is 2. The number of carbonyl (C=O) groups is 1. The van der Waals surface area contributed by atoms with Gasteiger partial charge in [-0.25, -0.2) is 14.8 Å². The van der Waals surface area contributed by atoms with Gasteiger partial charge in [-0.3, -0.25) is 14.7 Å².